The highest BCUT2D eigenvalue weighted by molar-refractivity contribution is 9.10. The first-order valence-electron chi connectivity index (χ1n) is 5.61. The number of aromatic carboxylic acids is 1. The molecular formula is C14H10BrNO3S. The van der Waals surface area contributed by atoms with E-state index in [4.69, 9.17) is 5.11 Å². The lowest BCUT2D eigenvalue weighted by Crippen LogP contribution is -2.09. The Morgan fingerprint density at radius 1 is 1.30 bits per heavy atom. The summed E-state index contributed by atoms with van der Waals surface area (Å²) in [4.78, 5) is 23.7. The number of nitrogens with one attached hydrogen (secondary N) is 1. The van der Waals surface area contributed by atoms with Gasteiger partial charge in [0.15, 0.2) is 0 Å². The summed E-state index contributed by atoms with van der Waals surface area (Å²) in [5.41, 5.74) is 0.538. The van der Waals surface area contributed by atoms with Gasteiger partial charge in [0.25, 0.3) is 0 Å². The average molecular weight is 352 g/mol. The van der Waals surface area contributed by atoms with Crippen molar-refractivity contribution in [2.24, 2.45) is 0 Å². The second-order valence-corrected chi connectivity index (χ2v) is 5.67. The summed E-state index contributed by atoms with van der Waals surface area (Å²) in [6.07, 6.45) is 3.12. The zero-order valence-corrected chi connectivity index (χ0v) is 12.6. The molecule has 2 rings (SSSR count). The van der Waals surface area contributed by atoms with Crippen molar-refractivity contribution in [3.63, 3.8) is 0 Å². The summed E-state index contributed by atoms with van der Waals surface area (Å²) in [6, 6.07) is 8.42. The Hall–Kier alpha value is -1.92. The van der Waals surface area contributed by atoms with E-state index >= 15 is 0 Å². The monoisotopic (exact) mass is 351 g/mol. The van der Waals surface area contributed by atoms with Crippen LogP contribution < -0.4 is 5.32 Å². The molecule has 6 heteroatoms. The van der Waals surface area contributed by atoms with Crippen molar-refractivity contribution in [2.45, 2.75) is 0 Å². The van der Waals surface area contributed by atoms with Crippen LogP contribution in [0.25, 0.3) is 6.08 Å². The number of hydrogen-bond donors (Lipinski definition) is 2. The number of carbonyl (C=O) groups excluding carboxylic acids is 1. The molecule has 0 bridgehead atoms. The highest BCUT2D eigenvalue weighted by Gasteiger charge is 2.09. The van der Waals surface area contributed by atoms with Crippen molar-refractivity contribution in [3.05, 3.63) is 56.7 Å². The zero-order chi connectivity index (χ0) is 14.5. The van der Waals surface area contributed by atoms with Gasteiger partial charge in [-0.25, -0.2) is 4.79 Å². The molecule has 0 aliphatic rings. The third kappa shape index (κ3) is 3.79. The number of carboxylic acids is 1. The third-order valence-corrected chi connectivity index (χ3v) is 3.94. The van der Waals surface area contributed by atoms with E-state index in [2.05, 4.69) is 21.2 Å². The lowest BCUT2D eigenvalue weighted by Gasteiger charge is -2.05. The fraction of sp³-hybridized carbons (Fsp3) is 0. The number of hydrogen-bond acceptors (Lipinski definition) is 3. The van der Waals surface area contributed by atoms with Gasteiger partial charge in [0.05, 0.1) is 5.56 Å². The standard InChI is InChI=1S/C14H10BrNO3S/c15-12-5-3-9(8-11(12)14(18)19)16-13(17)6-4-10-2-1-7-20-10/h1-8H,(H,16,17)(H,18,19)/b6-4+. The van der Waals surface area contributed by atoms with Gasteiger partial charge in [-0.05, 0) is 51.7 Å². The molecule has 2 aromatic rings. The van der Waals surface area contributed by atoms with Crippen LogP contribution in [0.5, 0.6) is 0 Å². The number of carbonyl (C=O) groups is 2. The maximum absolute atomic E-state index is 11.7. The number of benzene rings is 1. The van der Waals surface area contributed by atoms with Gasteiger partial charge in [-0.2, -0.15) is 0 Å². The molecule has 0 fully saturated rings. The number of carboxylic acid groups (broad SMARTS) is 1. The molecule has 0 radical (unpaired) electrons. The highest BCUT2D eigenvalue weighted by Crippen LogP contribution is 2.21. The molecule has 0 unspecified atom stereocenters. The Morgan fingerprint density at radius 2 is 2.10 bits per heavy atom. The van der Waals surface area contributed by atoms with Crippen LogP contribution in [-0.4, -0.2) is 17.0 Å². The van der Waals surface area contributed by atoms with Crippen LogP contribution in [0.15, 0.2) is 46.3 Å². The summed E-state index contributed by atoms with van der Waals surface area (Å²) in [6.45, 7) is 0. The van der Waals surface area contributed by atoms with Gasteiger partial charge in [-0.3, -0.25) is 4.79 Å². The van der Waals surface area contributed by atoms with Crippen LogP contribution in [0.1, 0.15) is 15.2 Å². The molecule has 0 atom stereocenters. The molecular weight excluding hydrogens is 342 g/mol. The molecule has 2 N–H and O–H groups in total. The van der Waals surface area contributed by atoms with Gasteiger partial charge in [-0.1, -0.05) is 6.07 Å². The number of thiophene rings is 1. The van der Waals surface area contributed by atoms with E-state index in [1.165, 1.54) is 23.5 Å². The Labute approximate surface area is 127 Å². The first-order chi connectivity index (χ1) is 9.56. The van der Waals surface area contributed by atoms with Gasteiger partial charge in [-0.15, -0.1) is 11.3 Å². The van der Waals surface area contributed by atoms with E-state index in [1.54, 1.807) is 18.2 Å². The fourth-order valence-electron chi connectivity index (χ4n) is 1.49. The number of anilines is 1. The van der Waals surface area contributed by atoms with Gasteiger partial charge in [0, 0.05) is 21.1 Å². The minimum absolute atomic E-state index is 0.102. The van der Waals surface area contributed by atoms with Crippen molar-refractivity contribution in [3.8, 4) is 0 Å². The second-order valence-electron chi connectivity index (χ2n) is 3.84. The van der Waals surface area contributed by atoms with Gasteiger partial charge in [0.2, 0.25) is 5.91 Å². The Kier molecular flexibility index (Phi) is 4.70. The molecule has 0 saturated heterocycles. The first kappa shape index (κ1) is 14.5. The van der Waals surface area contributed by atoms with Gasteiger partial charge in [0.1, 0.15) is 0 Å². The minimum Gasteiger partial charge on any atom is -0.478 e. The Morgan fingerprint density at radius 3 is 2.75 bits per heavy atom. The van der Waals surface area contributed by atoms with E-state index < -0.39 is 5.97 Å². The van der Waals surface area contributed by atoms with Crippen LogP contribution in [0.2, 0.25) is 0 Å². The maximum atomic E-state index is 11.7. The quantitative estimate of drug-likeness (QED) is 0.821. The largest absolute Gasteiger partial charge is 0.478 e. The Bertz CT molecular complexity index is 665. The molecule has 4 nitrogen and oxygen atoms in total. The second kappa shape index (κ2) is 6.49. The van der Waals surface area contributed by atoms with E-state index in [0.29, 0.717) is 10.2 Å². The summed E-state index contributed by atoms with van der Waals surface area (Å²) in [5.74, 6) is -1.36. The number of amides is 1. The molecule has 102 valence electrons. The van der Waals surface area contributed by atoms with Crippen LogP contribution in [0.3, 0.4) is 0 Å². The predicted molar refractivity (Wildman–Crippen MR) is 83.1 cm³/mol. The van der Waals surface area contributed by atoms with Crippen molar-refractivity contribution in [1.29, 1.82) is 0 Å². The molecule has 0 aliphatic carbocycles. The third-order valence-electron chi connectivity index (χ3n) is 2.41. The fourth-order valence-corrected chi connectivity index (χ4v) is 2.53. The van der Waals surface area contributed by atoms with Crippen molar-refractivity contribution >= 4 is 50.9 Å². The van der Waals surface area contributed by atoms with Crippen LogP contribution in [0, 0.1) is 0 Å². The van der Waals surface area contributed by atoms with E-state index in [1.807, 2.05) is 17.5 Å². The summed E-state index contributed by atoms with van der Waals surface area (Å²) in [7, 11) is 0. The normalized spacial score (nSPS) is 10.7. The SMILES string of the molecule is O=C(/C=C/c1cccs1)Nc1ccc(Br)c(C(=O)O)c1. The molecule has 20 heavy (non-hydrogen) atoms. The maximum Gasteiger partial charge on any atom is 0.336 e. The molecule has 0 aliphatic heterocycles. The molecule has 1 aromatic heterocycles. The van der Waals surface area contributed by atoms with Gasteiger partial charge >= 0.3 is 5.97 Å². The smallest absolute Gasteiger partial charge is 0.336 e. The van der Waals surface area contributed by atoms with E-state index in [-0.39, 0.29) is 11.5 Å². The predicted octanol–water partition coefficient (Wildman–Crippen LogP) is 3.86. The van der Waals surface area contributed by atoms with Crippen molar-refractivity contribution < 1.29 is 14.7 Å². The van der Waals surface area contributed by atoms with Crippen molar-refractivity contribution in [1.82, 2.24) is 0 Å². The van der Waals surface area contributed by atoms with Crippen LogP contribution in [-0.2, 0) is 4.79 Å². The van der Waals surface area contributed by atoms with Crippen LogP contribution in [0.4, 0.5) is 5.69 Å². The number of rotatable bonds is 4. The zero-order valence-electron chi connectivity index (χ0n) is 10.2. The Balaban J connectivity index is 2.08. The molecule has 0 spiro atoms. The summed E-state index contributed by atoms with van der Waals surface area (Å²) in [5, 5.41) is 13.5. The first-order valence-corrected chi connectivity index (χ1v) is 7.29. The highest BCUT2D eigenvalue weighted by atomic mass is 79.9. The summed E-state index contributed by atoms with van der Waals surface area (Å²) >= 11 is 4.68. The minimum atomic E-state index is -1.05. The van der Waals surface area contributed by atoms with Crippen LogP contribution >= 0.6 is 27.3 Å². The lowest BCUT2D eigenvalue weighted by molar-refractivity contribution is -0.111. The lowest BCUT2D eigenvalue weighted by atomic mass is 10.2. The molecule has 1 amide bonds. The molecule has 0 saturated carbocycles. The topological polar surface area (TPSA) is 66.4 Å². The van der Waals surface area contributed by atoms with E-state index in [9.17, 15) is 9.59 Å². The number of halogens is 1. The van der Waals surface area contributed by atoms with E-state index in [0.717, 1.165) is 4.88 Å². The molecule has 1 heterocycles. The van der Waals surface area contributed by atoms with Crippen molar-refractivity contribution in [2.75, 3.05) is 5.32 Å². The molecule has 1 aromatic carbocycles. The average Bonchev–Trinajstić information content (AvgIpc) is 2.91. The summed E-state index contributed by atoms with van der Waals surface area (Å²) < 4.78 is 0.470. The van der Waals surface area contributed by atoms with Gasteiger partial charge < -0.3 is 10.4 Å².